The second kappa shape index (κ2) is 8.73. The number of thiazole rings is 1. The van der Waals surface area contributed by atoms with Crippen molar-refractivity contribution in [3.63, 3.8) is 0 Å². The summed E-state index contributed by atoms with van der Waals surface area (Å²) in [5.74, 6) is 0.00175. The van der Waals surface area contributed by atoms with Crippen LogP contribution in [0.2, 0.25) is 0 Å². The van der Waals surface area contributed by atoms with Gasteiger partial charge in [0.25, 0.3) is 5.91 Å². The maximum Gasteiger partial charge on any atom is 0.257 e. The SMILES string of the molecule is O=C(CSc1nc2ccccc2n2cnnc12)Nc1csc(NC(=O)c2ccccc2)n1. The fraction of sp³-hybridized carbons (Fsp3) is 0.0476. The quantitative estimate of drug-likeness (QED) is 0.371. The number of carbonyl (C=O) groups excluding carboxylic acids is 2. The van der Waals surface area contributed by atoms with Crippen LogP contribution >= 0.6 is 23.1 Å². The van der Waals surface area contributed by atoms with Crippen LogP contribution in [-0.2, 0) is 4.79 Å². The van der Waals surface area contributed by atoms with Gasteiger partial charge in [0.05, 0.1) is 16.8 Å². The molecule has 2 N–H and O–H groups in total. The first-order valence-corrected chi connectivity index (χ1v) is 11.4. The van der Waals surface area contributed by atoms with Crippen LogP contribution in [-0.4, -0.2) is 42.1 Å². The molecule has 158 valence electrons. The Morgan fingerprint density at radius 3 is 2.69 bits per heavy atom. The summed E-state index contributed by atoms with van der Waals surface area (Å²) in [6, 6.07) is 16.5. The topological polar surface area (TPSA) is 114 Å². The minimum Gasteiger partial charge on any atom is -0.309 e. The Balaban J connectivity index is 1.23. The van der Waals surface area contributed by atoms with Gasteiger partial charge in [-0.15, -0.1) is 21.5 Å². The number of benzene rings is 2. The average Bonchev–Trinajstić information content (AvgIpc) is 3.48. The lowest BCUT2D eigenvalue weighted by molar-refractivity contribution is -0.113. The van der Waals surface area contributed by atoms with E-state index in [-0.39, 0.29) is 17.6 Å². The molecule has 0 spiro atoms. The third kappa shape index (κ3) is 4.15. The van der Waals surface area contributed by atoms with Gasteiger partial charge in [-0.1, -0.05) is 42.1 Å². The minimum atomic E-state index is -0.256. The van der Waals surface area contributed by atoms with Crippen LogP contribution in [0.1, 0.15) is 10.4 Å². The molecule has 0 radical (unpaired) electrons. The van der Waals surface area contributed by atoms with Crippen LogP contribution in [0.25, 0.3) is 16.7 Å². The highest BCUT2D eigenvalue weighted by atomic mass is 32.2. The van der Waals surface area contributed by atoms with Crippen LogP contribution in [0, 0.1) is 0 Å². The van der Waals surface area contributed by atoms with Gasteiger partial charge in [-0.05, 0) is 24.3 Å². The van der Waals surface area contributed by atoms with E-state index in [1.807, 2.05) is 34.7 Å². The number of para-hydroxylation sites is 2. The van der Waals surface area contributed by atoms with E-state index >= 15 is 0 Å². The molecule has 0 bridgehead atoms. The highest BCUT2D eigenvalue weighted by Crippen LogP contribution is 2.25. The number of hydrogen-bond acceptors (Lipinski definition) is 8. The fourth-order valence-electron chi connectivity index (χ4n) is 3.04. The molecule has 3 aromatic heterocycles. The van der Waals surface area contributed by atoms with Crippen molar-refractivity contribution in [3.8, 4) is 0 Å². The first-order chi connectivity index (χ1) is 15.7. The molecule has 5 rings (SSSR count). The van der Waals surface area contributed by atoms with Crippen LogP contribution in [0.4, 0.5) is 10.9 Å². The van der Waals surface area contributed by atoms with E-state index in [1.165, 1.54) is 23.1 Å². The number of carbonyl (C=O) groups is 2. The molecule has 0 aliphatic carbocycles. The molecule has 11 heteroatoms. The second-order valence-electron chi connectivity index (χ2n) is 6.63. The molecule has 0 unspecified atom stereocenters. The van der Waals surface area contributed by atoms with E-state index in [1.54, 1.807) is 36.0 Å². The Morgan fingerprint density at radius 2 is 1.81 bits per heavy atom. The summed E-state index contributed by atoms with van der Waals surface area (Å²) in [5, 5.41) is 16.3. The zero-order chi connectivity index (χ0) is 21.9. The zero-order valence-corrected chi connectivity index (χ0v) is 18.1. The molecule has 0 aliphatic heterocycles. The highest BCUT2D eigenvalue weighted by Gasteiger charge is 2.14. The van der Waals surface area contributed by atoms with Crippen molar-refractivity contribution >= 4 is 62.5 Å². The van der Waals surface area contributed by atoms with E-state index in [0.717, 1.165) is 11.0 Å². The predicted molar refractivity (Wildman–Crippen MR) is 124 cm³/mol. The zero-order valence-electron chi connectivity index (χ0n) is 16.4. The molecular weight excluding hydrogens is 446 g/mol. The normalized spacial score (nSPS) is 11.0. The van der Waals surface area contributed by atoms with Gasteiger partial charge >= 0.3 is 0 Å². The van der Waals surface area contributed by atoms with Crippen LogP contribution in [0.15, 0.2) is 71.3 Å². The fourth-order valence-corrected chi connectivity index (χ4v) is 4.44. The third-order valence-corrected chi connectivity index (χ3v) is 6.18. The van der Waals surface area contributed by atoms with Gasteiger partial charge in [-0.2, -0.15) is 0 Å². The minimum absolute atomic E-state index is 0.122. The van der Waals surface area contributed by atoms with Gasteiger partial charge in [0, 0.05) is 10.9 Å². The Hall–Kier alpha value is -3.83. The van der Waals surface area contributed by atoms with Crippen LogP contribution in [0.3, 0.4) is 0 Å². The Kier molecular flexibility index (Phi) is 5.48. The first kappa shape index (κ1) is 20.1. The van der Waals surface area contributed by atoms with E-state index in [9.17, 15) is 9.59 Å². The molecule has 0 aliphatic rings. The average molecular weight is 462 g/mol. The predicted octanol–water partition coefficient (Wildman–Crippen LogP) is 3.72. The van der Waals surface area contributed by atoms with E-state index in [2.05, 4.69) is 30.8 Å². The number of nitrogens with one attached hydrogen (secondary N) is 2. The molecule has 2 amide bonds. The lowest BCUT2D eigenvalue weighted by atomic mass is 10.2. The monoisotopic (exact) mass is 461 g/mol. The number of aromatic nitrogens is 5. The number of thioether (sulfide) groups is 1. The smallest absolute Gasteiger partial charge is 0.257 e. The van der Waals surface area contributed by atoms with Crippen molar-refractivity contribution < 1.29 is 9.59 Å². The lowest BCUT2D eigenvalue weighted by Crippen LogP contribution is -2.15. The molecule has 0 fully saturated rings. The largest absolute Gasteiger partial charge is 0.309 e. The van der Waals surface area contributed by atoms with Gasteiger partial charge in [-0.25, -0.2) is 9.97 Å². The Labute approximate surface area is 189 Å². The van der Waals surface area contributed by atoms with Crippen molar-refractivity contribution in [1.82, 2.24) is 24.6 Å². The van der Waals surface area contributed by atoms with Crippen molar-refractivity contribution in [2.75, 3.05) is 16.4 Å². The first-order valence-electron chi connectivity index (χ1n) is 9.50. The van der Waals surface area contributed by atoms with Crippen LogP contribution < -0.4 is 10.6 Å². The maximum atomic E-state index is 12.5. The highest BCUT2D eigenvalue weighted by molar-refractivity contribution is 8.00. The Bertz CT molecular complexity index is 1430. The number of anilines is 2. The van der Waals surface area contributed by atoms with Gasteiger partial charge in [0.2, 0.25) is 5.91 Å². The summed E-state index contributed by atoms with van der Waals surface area (Å²) in [4.78, 5) is 33.6. The number of nitrogens with zero attached hydrogens (tertiary/aromatic N) is 5. The van der Waals surface area contributed by atoms with Gasteiger partial charge < -0.3 is 5.32 Å². The van der Waals surface area contributed by atoms with Crippen molar-refractivity contribution in [2.45, 2.75) is 5.03 Å². The molecule has 5 aromatic rings. The summed E-state index contributed by atoms with van der Waals surface area (Å²) < 4.78 is 1.85. The molecule has 0 atom stereocenters. The molecular formula is C21H15N7O2S2. The molecule has 0 saturated heterocycles. The number of rotatable bonds is 6. The summed E-state index contributed by atoms with van der Waals surface area (Å²) in [6.07, 6.45) is 1.63. The summed E-state index contributed by atoms with van der Waals surface area (Å²) in [6.45, 7) is 0. The summed E-state index contributed by atoms with van der Waals surface area (Å²) in [5.41, 5.74) is 2.82. The number of hydrogen-bond donors (Lipinski definition) is 2. The lowest BCUT2D eigenvalue weighted by Gasteiger charge is -2.06. The van der Waals surface area contributed by atoms with Gasteiger partial charge in [0.15, 0.2) is 10.8 Å². The van der Waals surface area contributed by atoms with Crippen LogP contribution in [0.5, 0.6) is 0 Å². The van der Waals surface area contributed by atoms with E-state index in [4.69, 9.17) is 0 Å². The molecule has 9 nitrogen and oxygen atoms in total. The summed E-state index contributed by atoms with van der Waals surface area (Å²) >= 11 is 2.51. The van der Waals surface area contributed by atoms with E-state index < -0.39 is 0 Å². The third-order valence-electron chi connectivity index (χ3n) is 4.47. The summed E-state index contributed by atoms with van der Waals surface area (Å²) in [7, 11) is 0. The van der Waals surface area contributed by atoms with E-state index in [0.29, 0.717) is 27.2 Å². The number of fused-ring (bicyclic) bond motifs is 3. The molecule has 32 heavy (non-hydrogen) atoms. The van der Waals surface area contributed by atoms with Crippen molar-refractivity contribution in [3.05, 3.63) is 71.9 Å². The number of amides is 2. The van der Waals surface area contributed by atoms with Crippen molar-refractivity contribution in [2.24, 2.45) is 0 Å². The second-order valence-corrected chi connectivity index (χ2v) is 8.45. The maximum absolute atomic E-state index is 12.5. The molecule has 3 heterocycles. The standard InChI is InChI=1S/C21H15N7O2S2/c29-17(24-16-10-32-21(25-16)26-19(30)13-6-2-1-3-7-13)11-31-20-18-27-22-12-28(18)15-9-5-4-8-14(15)23-20/h1-10,12H,11H2,(H,24,29)(H,25,26,30). The molecule has 0 saturated carbocycles. The van der Waals surface area contributed by atoms with Gasteiger partial charge in [0.1, 0.15) is 17.2 Å². The Morgan fingerprint density at radius 1 is 1.00 bits per heavy atom. The van der Waals surface area contributed by atoms with Gasteiger partial charge in [-0.3, -0.25) is 19.3 Å². The van der Waals surface area contributed by atoms with Crippen molar-refractivity contribution in [1.29, 1.82) is 0 Å². The molecule has 2 aromatic carbocycles.